The maximum absolute atomic E-state index is 12.9. The lowest BCUT2D eigenvalue weighted by Crippen LogP contribution is -2.33. The Bertz CT molecular complexity index is 433. The molecule has 1 heterocycles. The maximum atomic E-state index is 12.9. The molecule has 0 aromatic heterocycles. The van der Waals surface area contributed by atoms with E-state index >= 15 is 0 Å². The minimum absolute atomic E-state index is 0. The first-order chi connectivity index (χ1) is 8.66. The number of carbonyl (C=O) groups is 1. The topological polar surface area (TPSA) is 41.1 Å². The molecular formula is C14H20ClFN2O. The molecule has 3 nitrogen and oxygen atoms in total. The van der Waals surface area contributed by atoms with E-state index in [1.54, 1.807) is 6.07 Å². The number of amides is 1. The van der Waals surface area contributed by atoms with E-state index in [4.69, 9.17) is 0 Å². The zero-order valence-electron chi connectivity index (χ0n) is 11.0. The van der Waals surface area contributed by atoms with Gasteiger partial charge in [0.1, 0.15) is 5.82 Å². The van der Waals surface area contributed by atoms with Crippen LogP contribution < -0.4 is 10.6 Å². The average Bonchev–Trinajstić information content (AvgIpc) is 2.85. The highest BCUT2D eigenvalue weighted by Gasteiger charge is 2.21. The van der Waals surface area contributed by atoms with Crippen LogP contribution in [0.3, 0.4) is 0 Å². The Hall–Kier alpha value is -1.13. The molecular weight excluding hydrogens is 267 g/mol. The SMILES string of the molecule is Cc1cc(F)ccc1CCNC(=O)C1CCNC1.Cl. The molecule has 5 heteroatoms. The van der Waals surface area contributed by atoms with Gasteiger partial charge >= 0.3 is 0 Å². The third kappa shape index (κ3) is 4.48. The van der Waals surface area contributed by atoms with E-state index in [9.17, 15) is 9.18 Å². The molecule has 1 unspecified atom stereocenters. The number of rotatable bonds is 4. The molecule has 1 atom stereocenters. The van der Waals surface area contributed by atoms with Crippen LogP contribution in [0.5, 0.6) is 0 Å². The van der Waals surface area contributed by atoms with Gasteiger partial charge in [0.15, 0.2) is 0 Å². The van der Waals surface area contributed by atoms with E-state index in [1.165, 1.54) is 12.1 Å². The molecule has 2 rings (SSSR count). The van der Waals surface area contributed by atoms with Crippen molar-refractivity contribution in [3.8, 4) is 0 Å². The molecule has 0 aliphatic carbocycles. The van der Waals surface area contributed by atoms with Gasteiger partial charge in [-0.1, -0.05) is 6.07 Å². The van der Waals surface area contributed by atoms with Gasteiger partial charge in [0.25, 0.3) is 0 Å². The zero-order valence-corrected chi connectivity index (χ0v) is 11.9. The first-order valence-electron chi connectivity index (χ1n) is 6.40. The van der Waals surface area contributed by atoms with Crippen LogP contribution in [0.25, 0.3) is 0 Å². The van der Waals surface area contributed by atoms with Crippen LogP contribution in [0.4, 0.5) is 4.39 Å². The molecule has 2 N–H and O–H groups in total. The second-order valence-electron chi connectivity index (χ2n) is 4.80. The number of halogens is 2. The van der Waals surface area contributed by atoms with Crippen molar-refractivity contribution in [1.82, 2.24) is 10.6 Å². The van der Waals surface area contributed by atoms with Crippen LogP contribution in [0.15, 0.2) is 18.2 Å². The van der Waals surface area contributed by atoms with Gasteiger partial charge in [-0.05, 0) is 49.6 Å². The number of nitrogens with one attached hydrogen (secondary N) is 2. The summed E-state index contributed by atoms with van der Waals surface area (Å²) in [4.78, 5) is 11.8. The third-order valence-corrected chi connectivity index (χ3v) is 3.43. The van der Waals surface area contributed by atoms with Gasteiger partial charge in [0.05, 0.1) is 5.92 Å². The van der Waals surface area contributed by atoms with Crippen LogP contribution >= 0.6 is 12.4 Å². The first-order valence-corrected chi connectivity index (χ1v) is 6.40. The summed E-state index contributed by atoms with van der Waals surface area (Å²) in [7, 11) is 0. The smallest absolute Gasteiger partial charge is 0.224 e. The fraction of sp³-hybridized carbons (Fsp3) is 0.500. The molecule has 0 saturated carbocycles. The maximum Gasteiger partial charge on any atom is 0.224 e. The Morgan fingerprint density at radius 3 is 2.95 bits per heavy atom. The molecule has 1 saturated heterocycles. The molecule has 0 bridgehead atoms. The number of carbonyl (C=O) groups excluding carboxylic acids is 1. The summed E-state index contributed by atoms with van der Waals surface area (Å²) in [5.74, 6) is 0.0244. The predicted molar refractivity (Wildman–Crippen MR) is 76.1 cm³/mol. The third-order valence-electron chi connectivity index (χ3n) is 3.43. The lowest BCUT2D eigenvalue weighted by Gasteiger charge is -2.11. The fourth-order valence-electron chi connectivity index (χ4n) is 2.28. The summed E-state index contributed by atoms with van der Waals surface area (Å²) < 4.78 is 12.9. The molecule has 1 fully saturated rings. The molecule has 0 spiro atoms. The van der Waals surface area contributed by atoms with Gasteiger partial charge < -0.3 is 10.6 Å². The summed E-state index contributed by atoms with van der Waals surface area (Å²) in [6.07, 6.45) is 1.67. The summed E-state index contributed by atoms with van der Waals surface area (Å²) in [6.45, 7) is 4.21. The normalized spacial score (nSPS) is 17.9. The zero-order chi connectivity index (χ0) is 13.0. The van der Waals surface area contributed by atoms with Gasteiger partial charge in [0.2, 0.25) is 5.91 Å². The van der Waals surface area contributed by atoms with E-state index < -0.39 is 0 Å². The van der Waals surface area contributed by atoms with Crippen molar-refractivity contribution in [2.75, 3.05) is 19.6 Å². The highest BCUT2D eigenvalue weighted by Crippen LogP contribution is 2.11. The Kier molecular flexibility index (Phi) is 6.25. The highest BCUT2D eigenvalue weighted by atomic mass is 35.5. The number of aryl methyl sites for hydroxylation is 1. The molecule has 1 aliphatic rings. The second kappa shape index (κ2) is 7.46. The van der Waals surface area contributed by atoms with Gasteiger partial charge in [-0.15, -0.1) is 12.4 Å². The summed E-state index contributed by atoms with van der Waals surface area (Å²) in [5, 5.41) is 6.12. The van der Waals surface area contributed by atoms with Crippen LogP contribution in [-0.4, -0.2) is 25.5 Å². The van der Waals surface area contributed by atoms with E-state index in [0.717, 1.165) is 37.1 Å². The molecule has 1 aliphatic heterocycles. The number of hydrogen-bond donors (Lipinski definition) is 2. The number of hydrogen-bond acceptors (Lipinski definition) is 2. The summed E-state index contributed by atoms with van der Waals surface area (Å²) in [6, 6.07) is 4.77. The highest BCUT2D eigenvalue weighted by molar-refractivity contribution is 5.85. The van der Waals surface area contributed by atoms with Crippen LogP contribution in [0, 0.1) is 18.7 Å². The van der Waals surface area contributed by atoms with Gasteiger partial charge in [0, 0.05) is 13.1 Å². The van der Waals surface area contributed by atoms with Gasteiger partial charge in [-0.3, -0.25) is 4.79 Å². The van der Waals surface area contributed by atoms with E-state index in [0.29, 0.717) is 6.54 Å². The summed E-state index contributed by atoms with van der Waals surface area (Å²) >= 11 is 0. The van der Waals surface area contributed by atoms with Crippen molar-refractivity contribution in [2.24, 2.45) is 5.92 Å². The van der Waals surface area contributed by atoms with Crippen molar-refractivity contribution in [2.45, 2.75) is 19.8 Å². The minimum Gasteiger partial charge on any atom is -0.355 e. The predicted octanol–water partition coefficient (Wildman–Crippen LogP) is 1.82. The minimum atomic E-state index is -0.211. The Morgan fingerprint density at radius 2 is 2.32 bits per heavy atom. The van der Waals surface area contributed by atoms with Crippen molar-refractivity contribution in [3.63, 3.8) is 0 Å². The molecule has 1 amide bonds. The number of benzene rings is 1. The Labute approximate surface area is 119 Å². The van der Waals surface area contributed by atoms with Crippen LogP contribution in [0.1, 0.15) is 17.5 Å². The lowest BCUT2D eigenvalue weighted by molar-refractivity contribution is -0.124. The first kappa shape index (κ1) is 15.9. The quantitative estimate of drug-likeness (QED) is 0.887. The average molecular weight is 287 g/mol. The van der Waals surface area contributed by atoms with E-state index in [2.05, 4.69) is 10.6 Å². The standard InChI is InChI=1S/C14H19FN2O.ClH/c1-10-8-13(15)3-2-11(10)5-7-17-14(18)12-4-6-16-9-12;/h2-3,8,12,16H,4-7,9H2,1H3,(H,17,18);1H. The van der Waals surface area contributed by atoms with Crippen molar-refractivity contribution in [1.29, 1.82) is 0 Å². The van der Waals surface area contributed by atoms with E-state index in [1.807, 2.05) is 6.92 Å². The van der Waals surface area contributed by atoms with Gasteiger partial charge in [-0.2, -0.15) is 0 Å². The van der Waals surface area contributed by atoms with Gasteiger partial charge in [-0.25, -0.2) is 4.39 Å². The monoisotopic (exact) mass is 286 g/mol. The van der Waals surface area contributed by atoms with Crippen LogP contribution in [-0.2, 0) is 11.2 Å². The van der Waals surface area contributed by atoms with Crippen molar-refractivity contribution in [3.05, 3.63) is 35.1 Å². The largest absolute Gasteiger partial charge is 0.355 e. The Balaban J connectivity index is 0.00000180. The lowest BCUT2D eigenvalue weighted by atomic mass is 10.1. The molecule has 1 aromatic carbocycles. The van der Waals surface area contributed by atoms with Crippen molar-refractivity contribution >= 4 is 18.3 Å². The second-order valence-corrected chi connectivity index (χ2v) is 4.80. The molecule has 0 radical (unpaired) electrons. The fourth-order valence-corrected chi connectivity index (χ4v) is 2.28. The molecule has 19 heavy (non-hydrogen) atoms. The Morgan fingerprint density at radius 1 is 1.53 bits per heavy atom. The van der Waals surface area contributed by atoms with Crippen LogP contribution in [0.2, 0.25) is 0 Å². The molecule has 106 valence electrons. The van der Waals surface area contributed by atoms with Crippen molar-refractivity contribution < 1.29 is 9.18 Å². The summed E-state index contributed by atoms with van der Waals surface area (Å²) in [5.41, 5.74) is 2.02. The van der Waals surface area contributed by atoms with E-state index in [-0.39, 0.29) is 30.0 Å². The molecule has 1 aromatic rings.